The maximum Gasteiger partial charge on any atom is 0.280 e. The quantitative estimate of drug-likeness (QED) is 0.764. The van der Waals surface area contributed by atoms with Crippen LogP contribution >= 0.6 is 0 Å². The minimum Gasteiger partial charge on any atom is -0.395 e. The average Bonchev–Trinajstić information content (AvgIpc) is 2.27. The molecule has 0 saturated carbocycles. The van der Waals surface area contributed by atoms with E-state index in [4.69, 9.17) is 0 Å². The molecule has 1 saturated heterocycles. The van der Waals surface area contributed by atoms with Crippen LogP contribution in [0.15, 0.2) is 0 Å². The van der Waals surface area contributed by atoms with Crippen LogP contribution in [0.25, 0.3) is 0 Å². The van der Waals surface area contributed by atoms with E-state index in [2.05, 4.69) is 4.72 Å². The van der Waals surface area contributed by atoms with Crippen LogP contribution in [0.4, 0.5) is 0 Å². The van der Waals surface area contributed by atoms with Crippen LogP contribution in [0.2, 0.25) is 0 Å². The fourth-order valence-electron chi connectivity index (χ4n) is 2.44. The summed E-state index contributed by atoms with van der Waals surface area (Å²) in [5.41, 5.74) is 0. The minimum atomic E-state index is -3.47. The van der Waals surface area contributed by atoms with Gasteiger partial charge < -0.3 is 5.11 Å². The van der Waals surface area contributed by atoms with Gasteiger partial charge in [-0.15, -0.1) is 0 Å². The Morgan fingerprint density at radius 2 is 2.06 bits per heavy atom. The molecular weight excluding hydrogens is 252 g/mol. The van der Waals surface area contributed by atoms with Crippen LogP contribution in [-0.4, -0.2) is 43.1 Å². The van der Waals surface area contributed by atoms with Gasteiger partial charge in [0.1, 0.15) is 0 Å². The second kappa shape index (κ2) is 6.84. The third-order valence-corrected chi connectivity index (χ3v) is 5.13. The summed E-state index contributed by atoms with van der Waals surface area (Å²) in [6, 6.07) is -0.334. The first-order valence-corrected chi connectivity index (χ1v) is 8.20. The van der Waals surface area contributed by atoms with E-state index in [0.717, 1.165) is 19.3 Å². The molecule has 2 atom stereocenters. The zero-order valence-electron chi connectivity index (χ0n) is 11.6. The van der Waals surface area contributed by atoms with Crippen molar-refractivity contribution in [2.24, 2.45) is 5.92 Å². The number of nitrogens with one attached hydrogen (secondary N) is 1. The van der Waals surface area contributed by atoms with Gasteiger partial charge in [-0.05, 0) is 32.1 Å². The van der Waals surface area contributed by atoms with Gasteiger partial charge in [-0.1, -0.05) is 20.3 Å². The molecule has 1 heterocycles. The molecule has 2 N–H and O–H groups in total. The Hall–Kier alpha value is -0.170. The molecule has 0 aliphatic carbocycles. The number of aliphatic hydroxyl groups excluding tert-OH is 1. The van der Waals surface area contributed by atoms with E-state index in [1.807, 2.05) is 20.8 Å². The lowest BCUT2D eigenvalue weighted by atomic mass is 10.1. The molecule has 0 aromatic heterocycles. The second-order valence-corrected chi connectivity index (χ2v) is 7.24. The SMILES string of the molecule is CC(C)CC(CO)NS(=O)(=O)N1CCCCC1C. The van der Waals surface area contributed by atoms with E-state index in [1.54, 1.807) is 0 Å². The molecule has 1 aliphatic heterocycles. The lowest BCUT2D eigenvalue weighted by Crippen LogP contribution is -2.51. The molecule has 2 unspecified atom stereocenters. The first kappa shape index (κ1) is 15.9. The van der Waals surface area contributed by atoms with Crippen LogP contribution in [0.5, 0.6) is 0 Å². The van der Waals surface area contributed by atoms with Gasteiger partial charge in [-0.2, -0.15) is 17.4 Å². The number of rotatable bonds is 6. The highest BCUT2D eigenvalue weighted by Crippen LogP contribution is 2.19. The Labute approximate surface area is 111 Å². The van der Waals surface area contributed by atoms with Crippen LogP contribution in [0.1, 0.15) is 46.5 Å². The van der Waals surface area contributed by atoms with Gasteiger partial charge in [0.05, 0.1) is 6.61 Å². The second-order valence-electron chi connectivity index (χ2n) is 5.59. The standard InChI is InChI=1S/C12H26N2O3S/c1-10(2)8-12(9-15)13-18(16,17)14-7-5-4-6-11(14)3/h10-13,15H,4-9H2,1-3H3. The fraction of sp³-hybridized carbons (Fsp3) is 1.00. The Bertz CT molecular complexity index is 343. The summed E-state index contributed by atoms with van der Waals surface area (Å²) >= 11 is 0. The highest BCUT2D eigenvalue weighted by atomic mass is 32.2. The maximum absolute atomic E-state index is 12.3. The molecule has 5 nitrogen and oxygen atoms in total. The first-order valence-electron chi connectivity index (χ1n) is 6.76. The van der Waals surface area contributed by atoms with Gasteiger partial charge in [-0.3, -0.25) is 0 Å². The smallest absolute Gasteiger partial charge is 0.280 e. The Kier molecular flexibility index (Phi) is 6.04. The Balaban J connectivity index is 2.67. The number of piperidine rings is 1. The van der Waals surface area contributed by atoms with Crippen LogP contribution < -0.4 is 4.72 Å². The lowest BCUT2D eigenvalue weighted by Gasteiger charge is -2.33. The molecule has 0 aromatic rings. The molecule has 1 rings (SSSR count). The van der Waals surface area contributed by atoms with E-state index >= 15 is 0 Å². The summed E-state index contributed by atoms with van der Waals surface area (Å²) in [5, 5.41) is 9.26. The Morgan fingerprint density at radius 1 is 1.39 bits per heavy atom. The third kappa shape index (κ3) is 4.50. The molecule has 1 fully saturated rings. The molecular formula is C12H26N2O3S. The van der Waals surface area contributed by atoms with E-state index in [0.29, 0.717) is 18.9 Å². The monoisotopic (exact) mass is 278 g/mol. The zero-order chi connectivity index (χ0) is 13.8. The van der Waals surface area contributed by atoms with Crippen molar-refractivity contribution in [2.75, 3.05) is 13.2 Å². The van der Waals surface area contributed by atoms with Crippen LogP contribution in [-0.2, 0) is 10.2 Å². The molecule has 0 spiro atoms. The van der Waals surface area contributed by atoms with Crippen LogP contribution in [0.3, 0.4) is 0 Å². The van der Waals surface area contributed by atoms with Crippen molar-refractivity contribution in [2.45, 2.75) is 58.5 Å². The molecule has 0 bridgehead atoms. The van der Waals surface area contributed by atoms with Crippen molar-refractivity contribution in [3.8, 4) is 0 Å². The largest absolute Gasteiger partial charge is 0.395 e. The lowest BCUT2D eigenvalue weighted by molar-refractivity contribution is 0.228. The van der Waals surface area contributed by atoms with Gasteiger partial charge >= 0.3 is 0 Å². The molecule has 1 aliphatic rings. The average molecular weight is 278 g/mol. The number of hydrogen-bond donors (Lipinski definition) is 2. The predicted molar refractivity (Wildman–Crippen MR) is 72.4 cm³/mol. The molecule has 0 amide bonds. The topological polar surface area (TPSA) is 69.6 Å². The Morgan fingerprint density at radius 3 is 2.56 bits per heavy atom. The van der Waals surface area contributed by atoms with Crippen molar-refractivity contribution in [3.63, 3.8) is 0 Å². The highest BCUT2D eigenvalue weighted by molar-refractivity contribution is 7.87. The van der Waals surface area contributed by atoms with Crippen LogP contribution in [0, 0.1) is 5.92 Å². The fourth-order valence-corrected chi connectivity index (χ4v) is 4.11. The number of aliphatic hydroxyl groups is 1. The summed E-state index contributed by atoms with van der Waals surface area (Å²) in [4.78, 5) is 0. The number of hydrogen-bond acceptors (Lipinski definition) is 3. The van der Waals surface area contributed by atoms with Gasteiger partial charge in [-0.25, -0.2) is 0 Å². The van der Waals surface area contributed by atoms with Crippen molar-refractivity contribution in [3.05, 3.63) is 0 Å². The zero-order valence-corrected chi connectivity index (χ0v) is 12.4. The predicted octanol–water partition coefficient (Wildman–Crippen LogP) is 1.10. The van der Waals surface area contributed by atoms with Gasteiger partial charge in [0.15, 0.2) is 0 Å². The summed E-state index contributed by atoms with van der Waals surface area (Å²) in [5.74, 6) is 0.351. The van der Waals surface area contributed by atoms with Crippen molar-refractivity contribution >= 4 is 10.2 Å². The van der Waals surface area contributed by atoms with Crippen molar-refractivity contribution in [1.29, 1.82) is 0 Å². The van der Waals surface area contributed by atoms with Gasteiger partial charge in [0.25, 0.3) is 10.2 Å². The number of nitrogens with zero attached hydrogens (tertiary/aromatic N) is 1. The first-order chi connectivity index (χ1) is 8.36. The highest BCUT2D eigenvalue weighted by Gasteiger charge is 2.31. The van der Waals surface area contributed by atoms with Gasteiger partial charge in [0, 0.05) is 18.6 Å². The summed E-state index contributed by atoms with van der Waals surface area (Å²) < 4.78 is 28.7. The van der Waals surface area contributed by atoms with Crippen molar-refractivity contribution in [1.82, 2.24) is 9.03 Å². The molecule has 6 heteroatoms. The maximum atomic E-state index is 12.3. The summed E-state index contributed by atoms with van der Waals surface area (Å²) in [6.45, 7) is 6.39. The molecule has 0 aromatic carbocycles. The molecule has 18 heavy (non-hydrogen) atoms. The van der Waals surface area contributed by atoms with E-state index in [1.165, 1.54) is 4.31 Å². The van der Waals surface area contributed by atoms with Gasteiger partial charge in [0.2, 0.25) is 0 Å². The third-order valence-electron chi connectivity index (χ3n) is 3.34. The van der Waals surface area contributed by atoms with E-state index in [9.17, 15) is 13.5 Å². The summed E-state index contributed by atoms with van der Waals surface area (Å²) in [7, 11) is -3.47. The van der Waals surface area contributed by atoms with E-state index in [-0.39, 0.29) is 18.7 Å². The van der Waals surface area contributed by atoms with Crippen molar-refractivity contribution < 1.29 is 13.5 Å². The molecule has 0 radical (unpaired) electrons. The molecule has 108 valence electrons. The minimum absolute atomic E-state index is 0.0506. The van der Waals surface area contributed by atoms with E-state index < -0.39 is 10.2 Å². The summed E-state index contributed by atoms with van der Waals surface area (Å²) in [6.07, 6.45) is 3.56. The normalized spacial score (nSPS) is 24.4.